The molecule has 0 heterocycles. The Kier molecular flexibility index (Phi) is 4.79. The van der Waals surface area contributed by atoms with Gasteiger partial charge in [0.1, 0.15) is 12.4 Å². The van der Waals surface area contributed by atoms with Gasteiger partial charge in [-0.1, -0.05) is 17.7 Å². The maximum absolute atomic E-state index is 11.2. The van der Waals surface area contributed by atoms with Gasteiger partial charge < -0.3 is 9.47 Å². The average molecular weight is 243 g/mol. The van der Waals surface area contributed by atoms with Crippen LogP contribution >= 0.6 is 11.6 Å². The van der Waals surface area contributed by atoms with Gasteiger partial charge in [-0.05, 0) is 18.2 Å². The predicted octanol–water partition coefficient (Wildman–Crippen LogP) is 1.85. The minimum Gasteiger partial charge on any atom is -0.486 e. The highest BCUT2D eigenvalue weighted by atomic mass is 35.5. The van der Waals surface area contributed by atoms with E-state index in [1.54, 1.807) is 24.3 Å². The smallest absolute Gasteiger partial charge is 0.303 e. The third-order valence-electron chi connectivity index (χ3n) is 1.63. The van der Waals surface area contributed by atoms with E-state index >= 15 is 0 Å². The van der Waals surface area contributed by atoms with Crippen molar-refractivity contribution in [3.05, 3.63) is 29.3 Å². The first-order valence-electron chi connectivity index (χ1n) is 4.61. The first-order chi connectivity index (χ1) is 7.58. The number of rotatable bonds is 5. The van der Waals surface area contributed by atoms with E-state index < -0.39 is 5.97 Å². The number of esters is 1. The van der Waals surface area contributed by atoms with Crippen molar-refractivity contribution in [1.82, 2.24) is 0 Å². The Morgan fingerprint density at radius 2 is 2.06 bits per heavy atom. The lowest BCUT2D eigenvalue weighted by molar-refractivity contribution is -0.146. The van der Waals surface area contributed by atoms with Crippen molar-refractivity contribution < 1.29 is 19.1 Å². The van der Waals surface area contributed by atoms with Crippen molar-refractivity contribution in [2.75, 3.05) is 13.2 Å². The van der Waals surface area contributed by atoms with Crippen LogP contribution in [0.25, 0.3) is 0 Å². The highest BCUT2D eigenvalue weighted by molar-refractivity contribution is 6.30. The van der Waals surface area contributed by atoms with Gasteiger partial charge in [-0.3, -0.25) is 9.59 Å². The summed E-state index contributed by atoms with van der Waals surface area (Å²) >= 11 is 5.73. The van der Waals surface area contributed by atoms with Crippen LogP contribution in [0.3, 0.4) is 0 Å². The molecule has 0 spiro atoms. The zero-order valence-electron chi connectivity index (χ0n) is 8.73. The number of carbonyl (C=O) groups excluding carboxylic acids is 2. The van der Waals surface area contributed by atoms with Crippen LogP contribution in [0.5, 0.6) is 5.75 Å². The maximum atomic E-state index is 11.2. The number of hydrogen-bond acceptors (Lipinski definition) is 4. The molecule has 0 aromatic heterocycles. The molecule has 0 saturated heterocycles. The van der Waals surface area contributed by atoms with Crippen molar-refractivity contribution in [2.45, 2.75) is 6.92 Å². The van der Waals surface area contributed by atoms with E-state index in [-0.39, 0.29) is 19.0 Å². The molecule has 0 aliphatic rings. The summed E-state index contributed by atoms with van der Waals surface area (Å²) in [7, 11) is 0. The number of ketones is 1. The number of hydrogen-bond donors (Lipinski definition) is 0. The standard InChI is InChI=1S/C11H11ClO4/c1-8(13)15-6-10(14)7-16-11-4-2-3-9(12)5-11/h2-5H,6-7H2,1H3. The highest BCUT2D eigenvalue weighted by Gasteiger charge is 2.05. The lowest BCUT2D eigenvalue weighted by Gasteiger charge is -2.05. The summed E-state index contributed by atoms with van der Waals surface area (Å²) in [6.45, 7) is 0.828. The van der Waals surface area contributed by atoms with E-state index in [0.717, 1.165) is 0 Å². The third kappa shape index (κ3) is 4.79. The van der Waals surface area contributed by atoms with Gasteiger partial charge in [0.15, 0.2) is 6.61 Å². The molecule has 0 amide bonds. The summed E-state index contributed by atoms with van der Waals surface area (Å²) in [4.78, 5) is 21.6. The molecular formula is C11H11ClO4. The van der Waals surface area contributed by atoms with Crippen LogP contribution in [0.15, 0.2) is 24.3 Å². The topological polar surface area (TPSA) is 52.6 Å². The number of Topliss-reactive ketones (excluding diaryl/α,β-unsaturated/α-hetero) is 1. The zero-order chi connectivity index (χ0) is 12.0. The summed E-state index contributed by atoms with van der Waals surface area (Å²) in [5.41, 5.74) is 0. The summed E-state index contributed by atoms with van der Waals surface area (Å²) in [5, 5.41) is 0.532. The number of carbonyl (C=O) groups is 2. The molecule has 0 aliphatic heterocycles. The molecule has 4 nitrogen and oxygen atoms in total. The predicted molar refractivity (Wildman–Crippen MR) is 58.6 cm³/mol. The molecule has 0 bridgehead atoms. The van der Waals surface area contributed by atoms with Gasteiger partial charge in [0, 0.05) is 11.9 Å². The van der Waals surface area contributed by atoms with Crippen molar-refractivity contribution in [3.63, 3.8) is 0 Å². The van der Waals surface area contributed by atoms with Crippen LogP contribution in [0.2, 0.25) is 5.02 Å². The van der Waals surface area contributed by atoms with Gasteiger partial charge in [0.25, 0.3) is 0 Å². The fourth-order valence-electron chi connectivity index (χ4n) is 0.944. The van der Waals surface area contributed by atoms with E-state index in [2.05, 4.69) is 4.74 Å². The molecule has 0 N–H and O–H groups in total. The summed E-state index contributed by atoms with van der Waals surface area (Å²) in [6, 6.07) is 6.70. The lowest BCUT2D eigenvalue weighted by atomic mass is 10.3. The monoisotopic (exact) mass is 242 g/mol. The van der Waals surface area contributed by atoms with E-state index in [4.69, 9.17) is 16.3 Å². The van der Waals surface area contributed by atoms with Crippen molar-refractivity contribution in [2.24, 2.45) is 0 Å². The summed E-state index contributed by atoms with van der Waals surface area (Å²) in [6.07, 6.45) is 0. The van der Waals surface area contributed by atoms with E-state index in [1.165, 1.54) is 6.92 Å². The van der Waals surface area contributed by atoms with E-state index in [9.17, 15) is 9.59 Å². The fourth-order valence-corrected chi connectivity index (χ4v) is 1.12. The molecule has 0 saturated carbocycles. The Morgan fingerprint density at radius 3 is 2.69 bits per heavy atom. The van der Waals surface area contributed by atoms with Crippen molar-refractivity contribution >= 4 is 23.4 Å². The molecule has 1 rings (SSSR count). The van der Waals surface area contributed by atoms with Crippen LogP contribution in [-0.2, 0) is 14.3 Å². The Bertz CT molecular complexity index is 389. The van der Waals surface area contributed by atoms with Crippen LogP contribution < -0.4 is 4.74 Å². The first-order valence-corrected chi connectivity index (χ1v) is 4.99. The second kappa shape index (κ2) is 6.12. The van der Waals surface area contributed by atoms with E-state index in [1.807, 2.05) is 0 Å². The molecular weight excluding hydrogens is 232 g/mol. The van der Waals surface area contributed by atoms with E-state index in [0.29, 0.717) is 10.8 Å². The third-order valence-corrected chi connectivity index (χ3v) is 1.87. The van der Waals surface area contributed by atoms with Crippen LogP contribution in [-0.4, -0.2) is 25.0 Å². The molecule has 86 valence electrons. The molecule has 5 heteroatoms. The maximum Gasteiger partial charge on any atom is 0.303 e. The lowest BCUT2D eigenvalue weighted by Crippen LogP contribution is -2.18. The second-order valence-electron chi connectivity index (χ2n) is 3.06. The average Bonchev–Trinajstić information content (AvgIpc) is 2.23. The highest BCUT2D eigenvalue weighted by Crippen LogP contribution is 2.16. The number of benzene rings is 1. The minimum absolute atomic E-state index is 0.145. The van der Waals surface area contributed by atoms with Crippen molar-refractivity contribution in [1.29, 1.82) is 0 Å². The Labute approximate surface area is 98.1 Å². The van der Waals surface area contributed by atoms with Gasteiger partial charge in [-0.25, -0.2) is 0 Å². The van der Waals surface area contributed by atoms with Crippen LogP contribution in [0.4, 0.5) is 0 Å². The molecule has 0 fully saturated rings. The van der Waals surface area contributed by atoms with Gasteiger partial charge in [-0.15, -0.1) is 0 Å². The molecule has 16 heavy (non-hydrogen) atoms. The minimum atomic E-state index is -0.490. The molecule has 0 aliphatic carbocycles. The van der Waals surface area contributed by atoms with Crippen molar-refractivity contribution in [3.8, 4) is 5.75 Å². The SMILES string of the molecule is CC(=O)OCC(=O)COc1cccc(Cl)c1. The zero-order valence-corrected chi connectivity index (χ0v) is 9.49. The van der Waals surface area contributed by atoms with Crippen LogP contribution in [0, 0.1) is 0 Å². The van der Waals surface area contributed by atoms with Gasteiger partial charge in [-0.2, -0.15) is 0 Å². The largest absolute Gasteiger partial charge is 0.486 e. The van der Waals surface area contributed by atoms with Gasteiger partial charge in [0.05, 0.1) is 0 Å². The Morgan fingerprint density at radius 1 is 1.31 bits per heavy atom. The number of ether oxygens (including phenoxy) is 2. The second-order valence-corrected chi connectivity index (χ2v) is 3.50. The fraction of sp³-hybridized carbons (Fsp3) is 0.273. The molecule has 1 aromatic rings. The van der Waals surface area contributed by atoms with Crippen LogP contribution in [0.1, 0.15) is 6.92 Å². The Hall–Kier alpha value is -1.55. The molecule has 1 aromatic carbocycles. The normalized spacial score (nSPS) is 9.62. The first kappa shape index (κ1) is 12.5. The number of halogens is 1. The quantitative estimate of drug-likeness (QED) is 0.740. The van der Waals surface area contributed by atoms with Gasteiger partial charge >= 0.3 is 5.97 Å². The molecule has 0 atom stereocenters. The molecule has 0 radical (unpaired) electrons. The Balaban J connectivity index is 2.34. The summed E-state index contributed by atoms with van der Waals surface area (Å²) in [5.74, 6) is -0.296. The summed E-state index contributed by atoms with van der Waals surface area (Å²) < 4.78 is 9.68. The van der Waals surface area contributed by atoms with Gasteiger partial charge in [0.2, 0.25) is 5.78 Å². The molecule has 0 unspecified atom stereocenters.